The SMILES string of the molecule is NC(=O)c1noc(-c2ccc(N)cc2)n1. The van der Waals surface area contributed by atoms with Gasteiger partial charge < -0.3 is 16.0 Å². The molecule has 0 atom stereocenters. The van der Waals surface area contributed by atoms with Gasteiger partial charge in [0.1, 0.15) is 0 Å². The van der Waals surface area contributed by atoms with Gasteiger partial charge in [-0.05, 0) is 24.3 Å². The molecule has 2 aromatic rings. The highest BCUT2D eigenvalue weighted by Crippen LogP contribution is 2.18. The summed E-state index contributed by atoms with van der Waals surface area (Å²) in [6, 6.07) is 6.83. The predicted octanol–water partition coefficient (Wildman–Crippen LogP) is 0.418. The van der Waals surface area contributed by atoms with Gasteiger partial charge in [0.2, 0.25) is 0 Å². The van der Waals surface area contributed by atoms with Crippen molar-refractivity contribution in [2.75, 3.05) is 5.73 Å². The zero-order valence-corrected chi connectivity index (χ0v) is 7.68. The van der Waals surface area contributed by atoms with E-state index in [9.17, 15) is 4.79 Å². The fourth-order valence-corrected chi connectivity index (χ4v) is 1.07. The summed E-state index contributed by atoms with van der Waals surface area (Å²) in [5.41, 5.74) is 11.8. The van der Waals surface area contributed by atoms with Crippen molar-refractivity contribution in [1.29, 1.82) is 0 Å². The Labute approximate surface area is 84.9 Å². The number of rotatable bonds is 2. The molecule has 0 radical (unpaired) electrons. The standard InChI is InChI=1S/C9H8N4O2/c10-6-3-1-5(2-4-6)9-12-8(7(11)14)13-15-9/h1-4H,10H2,(H2,11,14). The van der Waals surface area contributed by atoms with Gasteiger partial charge >= 0.3 is 0 Å². The molecule has 0 aliphatic carbocycles. The van der Waals surface area contributed by atoms with E-state index >= 15 is 0 Å². The lowest BCUT2D eigenvalue weighted by Gasteiger charge is -1.94. The average Bonchev–Trinajstić information content (AvgIpc) is 2.68. The minimum atomic E-state index is -0.722. The van der Waals surface area contributed by atoms with E-state index in [1.54, 1.807) is 24.3 Å². The van der Waals surface area contributed by atoms with Crippen LogP contribution in [0, 0.1) is 0 Å². The molecule has 6 nitrogen and oxygen atoms in total. The first kappa shape index (κ1) is 9.20. The number of benzene rings is 1. The molecule has 1 amide bonds. The van der Waals surface area contributed by atoms with Crippen molar-refractivity contribution >= 4 is 11.6 Å². The largest absolute Gasteiger partial charge is 0.399 e. The molecule has 0 saturated carbocycles. The molecular formula is C9H8N4O2. The first-order valence-corrected chi connectivity index (χ1v) is 4.16. The highest BCUT2D eigenvalue weighted by atomic mass is 16.5. The van der Waals surface area contributed by atoms with E-state index in [1.165, 1.54) is 0 Å². The van der Waals surface area contributed by atoms with Crippen LogP contribution < -0.4 is 11.5 Å². The van der Waals surface area contributed by atoms with Crippen LogP contribution in [0.5, 0.6) is 0 Å². The van der Waals surface area contributed by atoms with Gasteiger partial charge in [0.25, 0.3) is 17.6 Å². The number of nitrogens with zero attached hydrogens (tertiary/aromatic N) is 2. The molecule has 0 spiro atoms. The Balaban J connectivity index is 2.37. The first-order chi connectivity index (χ1) is 7.16. The number of hydrogen-bond donors (Lipinski definition) is 2. The van der Waals surface area contributed by atoms with E-state index < -0.39 is 5.91 Å². The first-order valence-electron chi connectivity index (χ1n) is 4.16. The average molecular weight is 204 g/mol. The molecule has 0 saturated heterocycles. The smallest absolute Gasteiger partial charge is 0.290 e. The summed E-state index contributed by atoms with van der Waals surface area (Å²) < 4.78 is 4.85. The fourth-order valence-electron chi connectivity index (χ4n) is 1.07. The maximum absolute atomic E-state index is 10.7. The Morgan fingerprint density at radius 3 is 2.47 bits per heavy atom. The molecule has 1 aromatic heterocycles. The molecule has 0 aliphatic heterocycles. The third kappa shape index (κ3) is 1.78. The molecule has 76 valence electrons. The third-order valence-corrected chi connectivity index (χ3v) is 1.80. The number of carbonyl (C=O) groups excluding carboxylic acids is 1. The normalized spacial score (nSPS) is 10.1. The van der Waals surface area contributed by atoms with Crippen LogP contribution in [0.15, 0.2) is 28.8 Å². The number of primary amides is 1. The summed E-state index contributed by atoms with van der Waals surface area (Å²) in [5, 5.41) is 3.42. The maximum atomic E-state index is 10.7. The molecule has 1 heterocycles. The second kappa shape index (κ2) is 3.41. The Morgan fingerprint density at radius 1 is 1.27 bits per heavy atom. The van der Waals surface area contributed by atoms with E-state index in [0.29, 0.717) is 11.3 Å². The van der Waals surface area contributed by atoms with Gasteiger partial charge in [-0.25, -0.2) is 0 Å². The highest BCUT2D eigenvalue weighted by molar-refractivity contribution is 5.89. The molecule has 0 fully saturated rings. The van der Waals surface area contributed by atoms with Gasteiger partial charge in [0.05, 0.1) is 0 Å². The minimum absolute atomic E-state index is 0.137. The number of amides is 1. The van der Waals surface area contributed by atoms with Crippen molar-refractivity contribution in [3.63, 3.8) is 0 Å². The van der Waals surface area contributed by atoms with E-state index in [4.69, 9.17) is 16.0 Å². The second-order valence-electron chi connectivity index (χ2n) is 2.91. The zero-order chi connectivity index (χ0) is 10.8. The zero-order valence-electron chi connectivity index (χ0n) is 7.68. The van der Waals surface area contributed by atoms with Crippen molar-refractivity contribution in [1.82, 2.24) is 10.1 Å². The third-order valence-electron chi connectivity index (χ3n) is 1.80. The predicted molar refractivity (Wildman–Crippen MR) is 52.7 cm³/mol. The summed E-state index contributed by atoms with van der Waals surface area (Å²) in [7, 11) is 0. The quantitative estimate of drug-likeness (QED) is 0.689. The Kier molecular flexibility index (Phi) is 2.09. The van der Waals surface area contributed by atoms with E-state index in [-0.39, 0.29) is 11.7 Å². The highest BCUT2D eigenvalue weighted by Gasteiger charge is 2.11. The van der Waals surface area contributed by atoms with Crippen molar-refractivity contribution in [2.24, 2.45) is 5.73 Å². The van der Waals surface area contributed by atoms with Gasteiger partial charge in [-0.1, -0.05) is 5.16 Å². The van der Waals surface area contributed by atoms with Crippen LogP contribution in [-0.2, 0) is 0 Å². The van der Waals surface area contributed by atoms with Crippen molar-refractivity contribution in [3.05, 3.63) is 30.1 Å². The molecule has 15 heavy (non-hydrogen) atoms. The molecule has 0 unspecified atom stereocenters. The lowest BCUT2D eigenvalue weighted by Crippen LogP contribution is -2.12. The number of aromatic nitrogens is 2. The second-order valence-corrected chi connectivity index (χ2v) is 2.91. The summed E-state index contributed by atoms with van der Waals surface area (Å²) >= 11 is 0. The minimum Gasteiger partial charge on any atom is -0.399 e. The van der Waals surface area contributed by atoms with Crippen LogP contribution >= 0.6 is 0 Å². The van der Waals surface area contributed by atoms with Gasteiger partial charge in [0.15, 0.2) is 0 Å². The van der Waals surface area contributed by atoms with Gasteiger partial charge in [0, 0.05) is 11.3 Å². The van der Waals surface area contributed by atoms with Gasteiger partial charge in [-0.2, -0.15) is 4.98 Å². The van der Waals surface area contributed by atoms with Crippen molar-refractivity contribution < 1.29 is 9.32 Å². The Bertz CT molecular complexity index is 489. The number of anilines is 1. The summed E-state index contributed by atoms with van der Waals surface area (Å²) in [4.78, 5) is 14.5. The Hall–Kier alpha value is -2.37. The molecule has 0 aliphatic rings. The monoisotopic (exact) mass is 204 g/mol. The number of carbonyl (C=O) groups is 1. The summed E-state index contributed by atoms with van der Waals surface area (Å²) in [6.07, 6.45) is 0. The topological polar surface area (TPSA) is 108 Å². The van der Waals surface area contributed by atoms with Crippen LogP contribution in [0.2, 0.25) is 0 Å². The molecule has 0 bridgehead atoms. The maximum Gasteiger partial charge on any atom is 0.290 e. The number of nitrogens with two attached hydrogens (primary N) is 2. The van der Waals surface area contributed by atoms with Gasteiger partial charge in [-0.15, -0.1) is 0 Å². The van der Waals surface area contributed by atoms with Crippen LogP contribution in [0.4, 0.5) is 5.69 Å². The van der Waals surface area contributed by atoms with Gasteiger partial charge in [-0.3, -0.25) is 4.79 Å². The molecule has 4 N–H and O–H groups in total. The lowest BCUT2D eigenvalue weighted by atomic mass is 10.2. The van der Waals surface area contributed by atoms with E-state index in [2.05, 4.69) is 10.1 Å². The van der Waals surface area contributed by atoms with E-state index in [0.717, 1.165) is 0 Å². The summed E-state index contributed by atoms with van der Waals surface area (Å²) in [6.45, 7) is 0. The van der Waals surface area contributed by atoms with Crippen molar-refractivity contribution in [3.8, 4) is 11.5 Å². The van der Waals surface area contributed by atoms with Crippen LogP contribution in [0.1, 0.15) is 10.6 Å². The molecule has 2 rings (SSSR count). The van der Waals surface area contributed by atoms with Crippen molar-refractivity contribution in [2.45, 2.75) is 0 Å². The van der Waals surface area contributed by atoms with Crippen LogP contribution in [0.3, 0.4) is 0 Å². The van der Waals surface area contributed by atoms with E-state index in [1.807, 2.05) is 0 Å². The summed E-state index contributed by atoms with van der Waals surface area (Å²) in [5.74, 6) is -0.619. The molecule has 1 aromatic carbocycles. The molecular weight excluding hydrogens is 196 g/mol. The number of nitrogen functional groups attached to an aromatic ring is 1. The van der Waals surface area contributed by atoms with Crippen LogP contribution in [-0.4, -0.2) is 16.0 Å². The number of hydrogen-bond acceptors (Lipinski definition) is 5. The molecule has 6 heteroatoms. The fraction of sp³-hybridized carbons (Fsp3) is 0. The Morgan fingerprint density at radius 2 is 1.93 bits per heavy atom. The lowest BCUT2D eigenvalue weighted by molar-refractivity contribution is 0.0987. The van der Waals surface area contributed by atoms with Crippen LogP contribution in [0.25, 0.3) is 11.5 Å².